The molecule has 1 amide bonds. The minimum Gasteiger partial charge on any atom is -0.434 e. The number of amides is 1. The summed E-state index contributed by atoms with van der Waals surface area (Å²) in [6, 6.07) is 5.97. The maximum atomic E-state index is 12.9. The number of benzene rings is 1. The van der Waals surface area contributed by atoms with E-state index >= 15 is 0 Å². The van der Waals surface area contributed by atoms with Gasteiger partial charge in [0.2, 0.25) is 0 Å². The van der Waals surface area contributed by atoms with Gasteiger partial charge in [-0.1, -0.05) is 43.0 Å². The zero-order chi connectivity index (χ0) is 18.0. The normalized spacial score (nSPS) is 19.1. The van der Waals surface area contributed by atoms with Gasteiger partial charge in [0.15, 0.2) is 0 Å². The number of ether oxygens (including phenoxy) is 2. The van der Waals surface area contributed by atoms with Crippen molar-refractivity contribution >= 4 is 17.6 Å². The van der Waals surface area contributed by atoms with E-state index in [9.17, 15) is 9.59 Å². The highest BCUT2D eigenvalue weighted by Gasteiger charge is 2.49. The fraction of sp³-hybridized carbons (Fsp3) is 0.500. The zero-order valence-corrected chi connectivity index (χ0v) is 15.1. The largest absolute Gasteiger partial charge is 0.513 e. The van der Waals surface area contributed by atoms with Crippen LogP contribution in [0.1, 0.15) is 55.7 Å². The van der Waals surface area contributed by atoms with Crippen molar-refractivity contribution in [3.63, 3.8) is 0 Å². The summed E-state index contributed by atoms with van der Waals surface area (Å²) in [7, 11) is 0. The first-order chi connectivity index (χ1) is 12.0. The third-order valence-corrected chi connectivity index (χ3v) is 5.06. The lowest BCUT2D eigenvalue weighted by Crippen LogP contribution is -2.46. The first-order valence-electron chi connectivity index (χ1n) is 8.96. The number of rotatable bonds is 3. The van der Waals surface area contributed by atoms with Crippen LogP contribution < -0.4 is 5.32 Å². The summed E-state index contributed by atoms with van der Waals surface area (Å²) in [6.45, 7) is 5.91. The zero-order valence-electron chi connectivity index (χ0n) is 15.1. The molecule has 0 aromatic heterocycles. The van der Waals surface area contributed by atoms with E-state index in [4.69, 9.17) is 9.47 Å². The van der Waals surface area contributed by atoms with E-state index in [1.807, 2.05) is 32.0 Å². The Morgan fingerprint density at radius 1 is 1.20 bits per heavy atom. The Morgan fingerprint density at radius 3 is 2.60 bits per heavy atom. The van der Waals surface area contributed by atoms with Gasteiger partial charge in [-0.25, -0.2) is 4.79 Å². The average molecular weight is 343 g/mol. The van der Waals surface area contributed by atoms with Crippen LogP contribution in [0.5, 0.6) is 0 Å². The van der Waals surface area contributed by atoms with E-state index in [0.29, 0.717) is 11.3 Å². The van der Waals surface area contributed by atoms with Gasteiger partial charge in [-0.3, -0.25) is 4.79 Å². The maximum Gasteiger partial charge on any atom is 0.513 e. The number of carbonyl (C=O) groups excluding carboxylic acids is 2. The van der Waals surface area contributed by atoms with Gasteiger partial charge in [-0.05, 0) is 44.7 Å². The molecule has 1 spiro atoms. The van der Waals surface area contributed by atoms with E-state index in [0.717, 1.165) is 48.8 Å². The van der Waals surface area contributed by atoms with Crippen LogP contribution in [0.15, 0.2) is 24.0 Å². The van der Waals surface area contributed by atoms with Crippen LogP contribution in [-0.2, 0) is 14.3 Å². The van der Waals surface area contributed by atoms with E-state index in [1.165, 1.54) is 0 Å². The van der Waals surface area contributed by atoms with Gasteiger partial charge in [-0.2, -0.15) is 0 Å². The number of carbonyl (C=O) groups is 2. The lowest BCUT2D eigenvalue weighted by atomic mass is 9.80. The van der Waals surface area contributed by atoms with E-state index < -0.39 is 11.7 Å². The van der Waals surface area contributed by atoms with Gasteiger partial charge >= 0.3 is 6.16 Å². The average Bonchev–Trinajstić information content (AvgIpc) is 2.82. The molecule has 1 aromatic carbocycles. The summed E-state index contributed by atoms with van der Waals surface area (Å²) in [6.07, 6.45) is 3.93. The molecule has 3 rings (SSSR count). The SMILES string of the molecule is CCOC(=O)OC1=C(c2cc(C)ccc2C)C(=O)NC12CCCCC2. The summed E-state index contributed by atoms with van der Waals surface area (Å²) >= 11 is 0. The first kappa shape index (κ1) is 17.5. The Labute approximate surface area is 148 Å². The summed E-state index contributed by atoms with van der Waals surface area (Å²) in [5, 5.41) is 3.12. The second kappa shape index (κ2) is 6.90. The molecule has 1 aromatic rings. The molecule has 0 radical (unpaired) electrons. The molecule has 5 heteroatoms. The van der Waals surface area contributed by atoms with Crippen LogP contribution in [0.2, 0.25) is 0 Å². The van der Waals surface area contributed by atoms with Crippen molar-refractivity contribution in [2.24, 2.45) is 0 Å². The lowest BCUT2D eigenvalue weighted by molar-refractivity contribution is -0.116. The van der Waals surface area contributed by atoms with Crippen molar-refractivity contribution in [1.82, 2.24) is 5.32 Å². The molecular formula is C20H25NO4. The van der Waals surface area contributed by atoms with Crippen molar-refractivity contribution in [3.8, 4) is 0 Å². The quantitative estimate of drug-likeness (QED) is 0.842. The smallest absolute Gasteiger partial charge is 0.434 e. The summed E-state index contributed by atoms with van der Waals surface area (Å²) in [4.78, 5) is 24.9. The predicted molar refractivity (Wildman–Crippen MR) is 94.9 cm³/mol. The number of hydrogen-bond acceptors (Lipinski definition) is 4. The summed E-state index contributed by atoms with van der Waals surface area (Å²) < 4.78 is 10.6. The van der Waals surface area contributed by atoms with Crippen LogP contribution in [0.25, 0.3) is 5.57 Å². The van der Waals surface area contributed by atoms with E-state index in [2.05, 4.69) is 5.32 Å². The Hall–Kier alpha value is -2.30. The maximum absolute atomic E-state index is 12.9. The molecular weight excluding hydrogens is 318 g/mol. The Kier molecular flexibility index (Phi) is 4.84. The molecule has 134 valence electrons. The third-order valence-electron chi connectivity index (χ3n) is 5.06. The lowest BCUT2D eigenvalue weighted by Gasteiger charge is -2.34. The molecule has 1 aliphatic heterocycles. The molecule has 0 unspecified atom stereocenters. The highest BCUT2D eigenvalue weighted by atomic mass is 16.7. The van der Waals surface area contributed by atoms with Crippen LogP contribution in [0, 0.1) is 13.8 Å². The Bertz CT molecular complexity index is 729. The van der Waals surface area contributed by atoms with Crippen LogP contribution in [0.3, 0.4) is 0 Å². The number of hydrogen-bond donors (Lipinski definition) is 1. The van der Waals surface area contributed by atoms with Crippen molar-refractivity contribution in [1.29, 1.82) is 0 Å². The Balaban J connectivity index is 2.13. The minimum absolute atomic E-state index is 0.171. The van der Waals surface area contributed by atoms with Crippen molar-refractivity contribution in [2.75, 3.05) is 6.61 Å². The molecule has 1 saturated carbocycles. The van der Waals surface area contributed by atoms with Gasteiger partial charge in [0.25, 0.3) is 5.91 Å². The molecule has 25 heavy (non-hydrogen) atoms. The van der Waals surface area contributed by atoms with Gasteiger partial charge in [-0.15, -0.1) is 0 Å². The van der Waals surface area contributed by atoms with Gasteiger partial charge in [0, 0.05) is 0 Å². The van der Waals surface area contributed by atoms with Crippen molar-refractivity contribution in [2.45, 2.75) is 58.4 Å². The van der Waals surface area contributed by atoms with Crippen LogP contribution in [-0.4, -0.2) is 24.2 Å². The van der Waals surface area contributed by atoms with Crippen LogP contribution in [0.4, 0.5) is 4.79 Å². The molecule has 0 atom stereocenters. The minimum atomic E-state index is -0.748. The topological polar surface area (TPSA) is 64.6 Å². The standard InChI is InChI=1S/C20H25NO4/c1-4-24-19(23)25-17-16(15-12-13(2)8-9-14(15)3)18(22)21-20(17)10-6-5-7-11-20/h8-9,12H,4-7,10-11H2,1-3H3,(H,21,22). The molecule has 0 saturated heterocycles. The van der Waals surface area contributed by atoms with Crippen LogP contribution >= 0.6 is 0 Å². The molecule has 1 N–H and O–H groups in total. The van der Waals surface area contributed by atoms with Gasteiger partial charge in [0.05, 0.1) is 17.7 Å². The predicted octanol–water partition coefficient (Wildman–Crippen LogP) is 4.02. The third kappa shape index (κ3) is 3.28. The monoisotopic (exact) mass is 343 g/mol. The van der Waals surface area contributed by atoms with E-state index in [-0.39, 0.29) is 12.5 Å². The van der Waals surface area contributed by atoms with E-state index in [1.54, 1.807) is 6.92 Å². The molecule has 2 aliphatic rings. The fourth-order valence-electron chi connectivity index (χ4n) is 3.82. The highest BCUT2D eigenvalue weighted by molar-refractivity contribution is 6.23. The van der Waals surface area contributed by atoms with Crippen molar-refractivity contribution < 1.29 is 19.1 Å². The fourth-order valence-corrected chi connectivity index (χ4v) is 3.82. The summed E-state index contributed by atoms with van der Waals surface area (Å²) in [5.41, 5.74) is 2.73. The molecule has 5 nitrogen and oxygen atoms in total. The highest BCUT2D eigenvalue weighted by Crippen LogP contribution is 2.43. The Morgan fingerprint density at radius 2 is 1.92 bits per heavy atom. The molecule has 1 aliphatic carbocycles. The molecule has 0 bridgehead atoms. The van der Waals surface area contributed by atoms with Crippen molar-refractivity contribution in [3.05, 3.63) is 40.6 Å². The second-order valence-electron chi connectivity index (χ2n) is 6.90. The van der Waals surface area contributed by atoms with Gasteiger partial charge < -0.3 is 14.8 Å². The molecule has 1 fully saturated rings. The molecule has 1 heterocycles. The van der Waals surface area contributed by atoms with Gasteiger partial charge in [0.1, 0.15) is 5.76 Å². The second-order valence-corrected chi connectivity index (χ2v) is 6.90. The summed E-state index contributed by atoms with van der Waals surface area (Å²) in [5.74, 6) is 0.263. The number of nitrogens with one attached hydrogen (secondary N) is 1. The first-order valence-corrected chi connectivity index (χ1v) is 8.96. The number of aryl methyl sites for hydroxylation is 2.